The summed E-state index contributed by atoms with van der Waals surface area (Å²) < 4.78 is 38.3. The van der Waals surface area contributed by atoms with Gasteiger partial charge in [0.25, 0.3) is 0 Å². The lowest BCUT2D eigenvalue weighted by atomic mass is 10.00. The fourth-order valence-corrected chi connectivity index (χ4v) is 4.55. The van der Waals surface area contributed by atoms with Gasteiger partial charge in [-0.25, -0.2) is 9.59 Å². The summed E-state index contributed by atoms with van der Waals surface area (Å²) in [6, 6.07) is 13.6. The first-order valence-electron chi connectivity index (χ1n) is 11.6. The van der Waals surface area contributed by atoms with Crippen LogP contribution in [0, 0.1) is 0 Å². The van der Waals surface area contributed by atoms with Crippen molar-refractivity contribution < 1.29 is 47.3 Å². The molecule has 0 aliphatic carbocycles. The zero-order chi connectivity index (χ0) is 27.3. The summed E-state index contributed by atoms with van der Waals surface area (Å²) in [4.78, 5) is 35.2. The van der Waals surface area contributed by atoms with Crippen molar-refractivity contribution in [2.75, 3.05) is 39.8 Å². The molecular weight excluding hydrogens is 505 g/mol. The minimum Gasteiger partial charge on any atom is -0.496 e. The van der Waals surface area contributed by atoms with Crippen LogP contribution in [0.2, 0.25) is 0 Å². The number of nitrogens with one attached hydrogen (secondary N) is 1. The molecule has 1 atom stereocenters. The van der Waals surface area contributed by atoms with E-state index in [4.69, 9.17) is 23.3 Å². The lowest BCUT2D eigenvalue weighted by Gasteiger charge is -2.21. The molecule has 37 heavy (non-hydrogen) atoms. The van der Waals surface area contributed by atoms with Gasteiger partial charge in [0.1, 0.15) is 11.8 Å². The Hall–Kier alpha value is -3.24. The summed E-state index contributed by atoms with van der Waals surface area (Å²) in [6.07, 6.45) is -0.515. The minimum absolute atomic E-state index is 0.0529. The number of hydrogen-bond acceptors (Lipinski definition) is 10. The highest BCUT2D eigenvalue weighted by molar-refractivity contribution is 7.53. The van der Waals surface area contributed by atoms with Crippen LogP contribution in [0.1, 0.15) is 19.4 Å². The zero-order valence-electron chi connectivity index (χ0n) is 21.0. The van der Waals surface area contributed by atoms with E-state index in [9.17, 15) is 24.1 Å². The van der Waals surface area contributed by atoms with Gasteiger partial charge in [-0.15, -0.1) is 0 Å². The average Bonchev–Trinajstić information content (AvgIpc) is 2.89. The van der Waals surface area contributed by atoms with E-state index < -0.39 is 51.0 Å². The van der Waals surface area contributed by atoms with Crippen molar-refractivity contribution in [2.45, 2.75) is 26.3 Å². The Labute approximate surface area is 215 Å². The molecular formula is C25H32NO10P. The second-order valence-electron chi connectivity index (χ2n) is 7.62. The Kier molecular flexibility index (Phi) is 12.2. The van der Waals surface area contributed by atoms with Crippen LogP contribution in [0.4, 0.5) is 0 Å². The number of rotatable bonds is 16. The smallest absolute Gasteiger partial charge is 0.345 e. The summed E-state index contributed by atoms with van der Waals surface area (Å²) in [6.45, 7) is 1.97. The van der Waals surface area contributed by atoms with Crippen LogP contribution >= 0.6 is 7.60 Å². The third-order valence-corrected chi connectivity index (χ3v) is 6.62. The molecule has 12 heteroatoms. The second-order valence-corrected chi connectivity index (χ2v) is 9.68. The summed E-state index contributed by atoms with van der Waals surface area (Å²) in [7, 11) is -2.53. The molecule has 0 saturated carbocycles. The third kappa shape index (κ3) is 9.97. The molecule has 0 bridgehead atoms. The van der Waals surface area contributed by atoms with E-state index >= 15 is 0 Å². The molecule has 0 fully saturated rings. The first kappa shape index (κ1) is 30.0. The van der Waals surface area contributed by atoms with E-state index in [0.717, 1.165) is 11.1 Å². The van der Waals surface area contributed by atoms with Gasteiger partial charge in [0.15, 0.2) is 13.2 Å². The average molecular weight is 538 g/mol. The van der Waals surface area contributed by atoms with Gasteiger partial charge in [-0.3, -0.25) is 23.7 Å². The molecule has 2 N–H and O–H groups in total. The topological polar surface area (TPSA) is 147 Å². The van der Waals surface area contributed by atoms with E-state index in [2.05, 4.69) is 5.32 Å². The fraction of sp³-hybridized carbons (Fsp3) is 0.400. The van der Waals surface area contributed by atoms with Crippen molar-refractivity contribution >= 4 is 25.5 Å². The van der Waals surface area contributed by atoms with Crippen LogP contribution in [0.5, 0.6) is 5.75 Å². The molecule has 0 aliphatic rings. The predicted molar refractivity (Wildman–Crippen MR) is 134 cm³/mol. The van der Waals surface area contributed by atoms with Crippen LogP contribution in [0.25, 0.3) is 11.1 Å². The highest BCUT2D eigenvalue weighted by Gasteiger charge is 2.30. The van der Waals surface area contributed by atoms with Crippen LogP contribution < -0.4 is 10.1 Å². The normalized spacial score (nSPS) is 12.0. The molecule has 2 rings (SSSR count). The highest BCUT2D eigenvalue weighted by Crippen LogP contribution is 2.47. The van der Waals surface area contributed by atoms with Crippen molar-refractivity contribution in [1.82, 2.24) is 5.32 Å². The quantitative estimate of drug-likeness (QED) is 0.240. The number of esters is 2. The van der Waals surface area contributed by atoms with E-state index in [-0.39, 0.29) is 19.6 Å². The predicted octanol–water partition coefficient (Wildman–Crippen LogP) is 3.26. The number of aliphatic carboxylic acids is 1. The number of carboxylic acid groups (broad SMARTS) is 1. The molecule has 2 aromatic rings. The number of carbonyl (C=O) groups is 3. The van der Waals surface area contributed by atoms with Gasteiger partial charge < -0.3 is 19.3 Å². The summed E-state index contributed by atoms with van der Waals surface area (Å²) in [5.74, 6) is -2.06. The van der Waals surface area contributed by atoms with E-state index in [1.54, 1.807) is 33.1 Å². The number of methoxy groups -OCH3 is 1. The van der Waals surface area contributed by atoms with Crippen LogP contribution in [0.3, 0.4) is 0 Å². The van der Waals surface area contributed by atoms with Crippen molar-refractivity contribution in [1.29, 1.82) is 0 Å². The summed E-state index contributed by atoms with van der Waals surface area (Å²) in [5, 5.41) is 12.4. The van der Waals surface area contributed by atoms with Gasteiger partial charge in [-0.05, 0) is 37.5 Å². The van der Waals surface area contributed by atoms with E-state index in [1.807, 2.05) is 36.4 Å². The molecule has 202 valence electrons. The summed E-state index contributed by atoms with van der Waals surface area (Å²) >= 11 is 0. The number of carbonyl (C=O) groups excluding carboxylic acids is 2. The van der Waals surface area contributed by atoms with Crippen LogP contribution in [0.15, 0.2) is 48.5 Å². The number of ether oxygens (including phenoxy) is 3. The maximum atomic E-state index is 13.1. The number of benzene rings is 2. The van der Waals surface area contributed by atoms with Crippen molar-refractivity contribution in [3.8, 4) is 16.9 Å². The van der Waals surface area contributed by atoms with Gasteiger partial charge in [-0.2, -0.15) is 0 Å². The van der Waals surface area contributed by atoms with E-state index in [1.165, 1.54) is 0 Å². The summed E-state index contributed by atoms with van der Waals surface area (Å²) in [5.41, 5.74) is 2.49. The minimum atomic E-state index is -4.12. The first-order chi connectivity index (χ1) is 17.7. The Balaban J connectivity index is 2.09. The molecule has 0 aromatic heterocycles. The van der Waals surface area contributed by atoms with Gasteiger partial charge in [0, 0.05) is 5.56 Å². The van der Waals surface area contributed by atoms with Crippen molar-refractivity contribution in [2.24, 2.45) is 0 Å². The maximum absolute atomic E-state index is 13.1. The van der Waals surface area contributed by atoms with Gasteiger partial charge in [-0.1, -0.05) is 42.5 Å². The standard InChI is InChI=1S/C25H32NO10P/c1-4-33-23(27)15-35-37(31,36-16-24(28)34-5-2)17-26-21(25(29)30)14-18-10-12-19(13-11-18)20-8-6-7-9-22(20)32-3/h6-13,21,26H,4-5,14-17H2,1-3H3,(H,29,30)/t21-/m0/s1. The Morgan fingerprint density at radius 2 is 1.49 bits per heavy atom. The van der Waals surface area contributed by atoms with Gasteiger partial charge in [0.2, 0.25) is 0 Å². The Morgan fingerprint density at radius 3 is 2.00 bits per heavy atom. The molecule has 0 spiro atoms. The molecule has 11 nitrogen and oxygen atoms in total. The molecule has 0 heterocycles. The van der Waals surface area contributed by atoms with Crippen molar-refractivity contribution in [3.63, 3.8) is 0 Å². The van der Waals surface area contributed by atoms with Gasteiger partial charge in [0.05, 0.1) is 26.6 Å². The molecule has 0 amide bonds. The monoisotopic (exact) mass is 537 g/mol. The molecule has 0 unspecified atom stereocenters. The number of carboxylic acids is 1. The third-order valence-electron chi connectivity index (χ3n) is 5.01. The van der Waals surface area contributed by atoms with E-state index in [0.29, 0.717) is 11.3 Å². The Morgan fingerprint density at radius 1 is 0.919 bits per heavy atom. The lowest BCUT2D eigenvalue weighted by Crippen LogP contribution is -2.39. The van der Waals surface area contributed by atoms with Crippen molar-refractivity contribution in [3.05, 3.63) is 54.1 Å². The maximum Gasteiger partial charge on any atom is 0.345 e. The van der Waals surface area contributed by atoms with Gasteiger partial charge >= 0.3 is 25.5 Å². The number of hydrogen-bond donors (Lipinski definition) is 2. The highest BCUT2D eigenvalue weighted by atomic mass is 31.2. The van der Waals surface area contributed by atoms with Crippen LogP contribution in [-0.4, -0.2) is 68.9 Å². The zero-order valence-corrected chi connectivity index (χ0v) is 21.9. The lowest BCUT2D eigenvalue weighted by molar-refractivity contribution is -0.146. The molecule has 0 saturated heterocycles. The Bertz CT molecular complexity index is 1060. The van der Waals surface area contributed by atoms with Crippen LogP contribution in [-0.2, 0) is 43.9 Å². The second kappa shape index (κ2) is 15.1. The molecule has 0 aliphatic heterocycles. The first-order valence-corrected chi connectivity index (χ1v) is 13.3. The number of para-hydroxylation sites is 1. The largest absolute Gasteiger partial charge is 0.496 e. The SMILES string of the molecule is CCOC(=O)COP(=O)(CN[C@@H](Cc1ccc(-c2ccccc2OC)cc1)C(=O)O)OCC(=O)OCC. The fourth-order valence-electron chi connectivity index (χ4n) is 3.24. The molecule has 0 radical (unpaired) electrons. The molecule has 2 aromatic carbocycles.